The van der Waals surface area contributed by atoms with Gasteiger partial charge in [-0.25, -0.2) is 33.8 Å². The molecule has 4 aliphatic heterocycles. The average molecular weight is 1410 g/mol. The molecule has 0 bridgehead atoms. The molecule has 1 atom stereocenters. The van der Waals surface area contributed by atoms with Gasteiger partial charge in [-0.05, 0) is 90.9 Å². The number of likely N-dealkylation sites (tertiary alicyclic amines) is 4. The van der Waals surface area contributed by atoms with Crippen molar-refractivity contribution >= 4 is 155 Å². The van der Waals surface area contributed by atoms with E-state index in [-0.39, 0.29) is 41.4 Å². The number of hydrogen-bond acceptors (Lipinski definition) is 18. The van der Waals surface area contributed by atoms with Gasteiger partial charge in [-0.15, -0.1) is 0 Å². The summed E-state index contributed by atoms with van der Waals surface area (Å²) in [6.45, 7) is 17.3. The molecule has 0 aromatic carbocycles. The van der Waals surface area contributed by atoms with E-state index in [1.165, 1.54) is 6.42 Å². The molecule has 1 saturated carbocycles. The number of rotatable bonds is 12. The van der Waals surface area contributed by atoms with Gasteiger partial charge in [0.15, 0.2) is 47.9 Å². The highest BCUT2D eigenvalue weighted by atomic mass is 35.5. The lowest BCUT2D eigenvalue weighted by atomic mass is 9.93. The number of hydrogen-bond donors (Lipinski definition) is 3. The lowest BCUT2D eigenvalue weighted by Crippen LogP contribution is -2.48. The fourth-order valence-corrected chi connectivity index (χ4v) is 13.6. The van der Waals surface area contributed by atoms with Crippen LogP contribution in [0.25, 0.3) is 33.1 Å². The van der Waals surface area contributed by atoms with Crippen molar-refractivity contribution in [2.24, 2.45) is 18.4 Å². The second-order valence-electron chi connectivity index (χ2n) is 25.2. The molecule has 9 aromatic heterocycles. The van der Waals surface area contributed by atoms with Crippen molar-refractivity contribution in [3.05, 3.63) is 68.1 Å². The van der Waals surface area contributed by atoms with Crippen LogP contribution in [0.3, 0.4) is 0 Å². The Balaban J connectivity index is 0.000000135. The van der Waals surface area contributed by atoms with Gasteiger partial charge in [0.05, 0.1) is 69.9 Å². The smallest absolute Gasteiger partial charge is 0.319 e. The number of anilines is 6. The van der Waals surface area contributed by atoms with E-state index in [0.717, 1.165) is 110 Å². The Kier molecular flexibility index (Phi) is 20.2. The first-order valence-electron chi connectivity index (χ1n) is 32.0. The van der Waals surface area contributed by atoms with Gasteiger partial charge in [0.2, 0.25) is 29.7 Å². The Hall–Kier alpha value is -7.37. The first-order valence-corrected chi connectivity index (χ1v) is 34.3. The number of piperidine rings is 3. The molecule has 13 heterocycles. The highest BCUT2D eigenvalue weighted by Crippen LogP contribution is 2.36. The molecule has 5 fully saturated rings. The summed E-state index contributed by atoms with van der Waals surface area (Å²) in [5.41, 5.74) is 3.49. The van der Waals surface area contributed by atoms with Crippen LogP contribution in [0.2, 0.25) is 30.9 Å². The van der Waals surface area contributed by atoms with Gasteiger partial charge < -0.3 is 35.6 Å². The van der Waals surface area contributed by atoms with Crippen molar-refractivity contribution in [1.29, 1.82) is 0 Å². The second-order valence-corrected chi connectivity index (χ2v) is 27.4. The third kappa shape index (κ3) is 14.9. The molecule has 94 heavy (non-hydrogen) atoms. The standard InChI is InChI=1S/C21H27Cl2N9O.C20H26Cl2N8O.C19H22Cl2N8O/c1-2-31-19-15(17(22)27-31)12-24-20(26-19)25-16-13-32(28-18(16)23)14-6-10-30(11-7-14)21(33)29-8-4-3-5-9-29;1-5-29-17-13(15(21)26-29)10-23-19(25-17)24-14-11-30(27-16(14)22)12-6-8-28(9-7-12)18(31)20(2,3)4;1-27-17-13(15(20)25-27)9-22-19(24-17)23-14-10-29(26-16(14)21)12-3-2-7-28(8-6-12)18(30)11-4-5-11/h12-14H,2-11H2,1H3,(H,24,25,26);10-12H,5-9H2,1-4H3,(H,23,24,25);9-12H,2-8H2,1H3,(H,22,23,24). The van der Waals surface area contributed by atoms with E-state index in [1.54, 1.807) is 39.7 Å². The molecule has 0 spiro atoms. The summed E-state index contributed by atoms with van der Waals surface area (Å²) in [5.74, 6) is 1.96. The van der Waals surface area contributed by atoms with Crippen molar-refractivity contribution in [3.63, 3.8) is 0 Å². The van der Waals surface area contributed by atoms with Crippen LogP contribution in [-0.4, -0.2) is 178 Å². The molecule has 1 unspecified atom stereocenters. The zero-order chi connectivity index (χ0) is 66.1. The number of nitrogens with zero attached hydrogens (tertiary/aromatic N) is 22. The molecule has 9 aromatic rings. The monoisotopic (exact) mass is 1400 g/mol. The van der Waals surface area contributed by atoms with Gasteiger partial charge in [0, 0.05) is 102 Å². The average Bonchev–Trinajstić information content (AvgIpc) is 1.66. The minimum absolute atomic E-state index is 0.174. The maximum atomic E-state index is 12.8. The van der Waals surface area contributed by atoms with Crippen LogP contribution in [0.5, 0.6) is 0 Å². The number of urea groups is 1. The number of halogens is 6. The molecule has 4 amide bonds. The Labute approximate surface area is 572 Å². The van der Waals surface area contributed by atoms with Crippen molar-refractivity contribution in [3.8, 4) is 0 Å². The maximum absolute atomic E-state index is 12.8. The van der Waals surface area contributed by atoms with Crippen LogP contribution in [-0.2, 0) is 29.7 Å². The number of fused-ring (bicyclic) bond motifs is 3. The minimum atomic E-state index is -0.364. The van der Waals surface area contributed by atoms with Gasteiger partial charge in [-0.3, -0.25) is 23.6 Å². The second kappa shape index (κ2) is 28.5. The fourth-order valence-electron chi connectivity index (χ4n) is 12.3. The van der Waals surface area contributed by atoms with Crippen molar-refractivity contribution in [2.75, 3.05) is 68.3 Å². The van der Waals surface area contributed by atoms with Gasteiger partial charge >= 0.3 is 6.03 Å². The molecule has 500 valence electrons. The Morgan fingerprint density at radius 2 is 0.840 bits per heavy atom. The van der Waals surface area contributed by atoms with Crippen LogP contribution in [0, 0.1) is 11.3 Å². The molecule has 14 rings (SSSR count). The van der Waals surface area contributed by atoms with E-state index in [1.807, 2.05) is 86.9 Å². The van der Waals surface area contributed by atoms with Gasteiger partial charge in [-0.1, -0.05) is 90.4 Å². The highest BCUT2D eigenvalue weighted by Gasteiger charge is 2.36. The zero-order valence-corrected chi connectivity index (χ0v) is 57.7. The predicted molar refractivity (Wildman–Crippen MR) is 362 cm³/mol. The van der Waals surface area contributed by atoms with Crippen molar-refractivity contribution in [2.45, 2.75) is 143 Å². The number of aryl methyl sites for hydroxylation is 3. The number of carbonyl (C=O) groups excluding carboxylic acids is 3. The first kappa shape index (κ1) is 66.6. The van der Waals surface area contributed by atoms with Crippen molar-refractivity contribution < 1.29 is 14.4 Å². The third-order valence-corrected chi connectivity index (χ3v) is 19.3. The largest absolute Gasteiger partial charge is 0.342 e. The number of amides is 4. The molecule has 1 aliphatic carbocycles. The van der Waals surface area contributed by atoms with Gasteiger partial charge in [-0.2, -0.15) is 45.5 Å². The van der Waals surface area contributed by atoms with Crippen LogP contribution < -0.4 is 16.0 Å². The van der Waals surface area contributed by atoms with E-state index >= 15 is 0 Å². The predicted octanol–water partition coefficient (Wildman–Crippen LogP) is 12.2. The van der Waals surface area contributed by atoms with Gasteiger partial charge in [0.1, 0.15) is 0 Å². The summed E-state index contributed by atoms with van der Waals surface area (Å²) in [5, 5.41) is 39.9. The Bertz CT molecular complexity index is 4200. The van der Waals surface area contributed by atoms with Crippen LogP contribution in [0.4, 0.5) is 39.7 Å². The number of carbonyl (C=O) groups is 3. The Morgan fingerprint density at radius 3 is 1.28 bits per heavy atom. The number of aromatic nitrogens is 18. The molecule has 4 saturated heterocycles. The van der Waals surface area contributed by atoms with E-state index in [0.29, 0.717) is 131 Å². The topological polar surface area (TPSA) is 285 Å². The highest BCUT2D eigenvalue weighted by molar-refractivity contribution is 6.35. The van der Waals surface area contributed by atoms with Crippen LogP contribution in [0.1, 0.15) is 130 Å². The van der Waals surface area contributed by atoms with E-state index in [4.69, 9.17) is 69.6 Å². The normalized spacial score (nSPS) is 17.7. The molecule has 3 N–H and O–H groups in total. The van der Waals surface area contributed by atoms with E-state index < -0.39 is 0 Å². The summed E-state index contributed by atoms with van der Waals surface area (Å²) in [4.78, 5) is 72.1. The first-order chi connectivity index (χ1) is 45.2. The lowest BCUT2D eigenvalue weighted by Gasteiger charge is -2.37. The van der Waals surface area contributed by atoms with E-state index in [2.05, 4.69) is 76.4 Å². The van der Waals surface area contributed by atoms with Crippen LogP contribution in [0.15, 0.2) is 37.2 Å². The van der Waals surface area contributed by atoms with E-state index in [9.17, 15) is 14.4 Å². The SMILES string of the molecule is CCn1nc(Cl)c2cnc(Nc3cn(C4CCN(C(=O)C(C)(C)C)CC4)nc3Cl)nc21.CCn1nc(Cl)c2cnc(Nc3cn(C4CCN(C(=O)N5CCCCC5)CC4)nc3Cl)nc21.Cn1nc(Cl)c2cnc(Nc3cn(C4CCCN(C(=O)C5CC5)CC4)nc3Cl)nc21. The summed E-state index contributed by atoms with van der Waals surface area (Å²) in [7, 11) is 1.78. The quantitative estimate of drug-likeness (QED) is 0.102. The summed E-state index contributed by atoms with van der Waals surface area (Å²) in [6, 6.07) is 0.746. The summed E-state index contributed by atoms with van der Waals surface area (Å²) < 4.78 is 10.7. The molecule has 28 nitrogen and oxygen atoms in total. The minimum Gasteiger partial charge on any atom is -0.342 e. The zero-order valence-electron chi connectivity index (χ0n) is 53.2. The van der Waals surface area contributed by atoms with Gasteiger partial charge in [0.25, 0.3) is 0 Å². The molecule has 0 radical (unpaired) electrons. The lowest BCUT2D eigenvalue weighted by molar-refractivity contribution is -0.140. The maximum Gasteiger partial charge on any atom is 0.319 e. The molecular weight excluding hydrogens is 1330 g/mol. The fraction of sp³-hybridized carbons (Fsp3) is 0.550. The molecule has 34 heteroatoms. The Morgan fingerprint density at radius 1 is 0.457 bits per heavy atom. The van der Waals surface area contributed by atoms with Crippen LogP contribution >= 0.6 is 69.6 Å². The summed E-state index contributed by atoms with van der Waals surface area (Å²) in [6.07, 6.45) is 22.2. The molecular formula is C60H75Cl6N25O3. The summed E-state index contributed by atoms with van der Waals surface area (Å²) >= 11 is 37.6. The number of nitrogens with one attached hydrogen (secondary N) is 3. The van der Waals surface area contributed by atoms with Crippen molar-refractivity contribution in [1.82, 2.24) is 108 Å². The third-order valence-electron chi connectivity index (χ3n) is 17.6. The molecule has 5 aliphatic rings.